The summed E-state index contributed by atoms with van der Waals surface area (Å²) in [6, 6.07) is 10.6. The second-order valence-electron chi connectivity index (χ2n) is 3.93. The molecule has 0 aliphatic heterocycles. The highest BCUT2D eigenvalue weighted by molar-refractivity contribution is 5.92. The van der Waals surface area contributed by atoms with E-state index in [4.69, 9.17) is 10.6 Å². The summed E-state index contributed by atoms with van der Waals surface area (Å²) in [6.07, 6.45) is 0.605. The number of ether oxygens (including phenoxy) is 1. The molecule has 0 spiro atoms. The van der Waals surface area contributed by atoms with Crippen LogP contribution < -0.4 is 16.6 Å². The molecule has 0 radical (unpaired) electrons. The van der Waals surface area contributed by atoms with Crippen LogP contribution in [-0.4, -0.2) is 22.0 Å². The van der Waals surface area contributed by atoms with Crippen molar-refractivity contribution in [2.24, 2.45) is 5.84 Å². The zero-order chi connectivity index (χ0) is 15.1. The molecular formula is C13H13N5O3. The van der Waals surface area contributed by atoms with Gasteiger partial charge in [-0.05, 0) is 11.6 Å². The lowest BCUT2D eigenvalue weighted by Crippen LogP contribution is -2.31. The molecule has 1 aromatic carbocycles. The maximum Gasteiger partial charge on any atom is 0.414 e. The van der Waals surface area contributed by atoms with Crippen LogP contribution in [0, 0.1) is 0 Å². The first-order valence-corrected chi connectivity index (χ1v) is 6.00. The Labute approximate surface area is 120 Å². The lowest BCUT2D eigenvalue weighted by atomic mass is 10.2. The fourth-order valence-electron chi connectivity index (χ4n) is 1.47. The lowest BCUT2D eigenvalue weighted by Gasteiger charge is -2.06. The van der Waals surface area contributed by atoms with Gasteiger partial charge in [0.1, 0.15) is 12.3 Å². The number of nitrogens with one attached hydrogen (secondary N) is 2. The maximum atomic E-state index is 11.6. The average molecular weight is 287 g/mol. The number of amides is 2. The first kappa shape index (κ1) is 14.4. The number of anilines is 1. The van der Waals surface area contributed by atoms with Gasteiger partial charge in [-0.3, -0.25) is 15.5 Å². The third kappa shape index (κ3) is 4.25. The van der Waals surface area contributed by atoms with Gasteiger partial charge in [-0.15, -0.1) is 0 Å². The molecule has 8 nitrogen and oxygen atoms in total. The first-order valence-electron chi connectivity index (χ1n) is 6.00. The summed E-state index contributed by atoms with van der Waals surface area (Å²) in [4.78, 5) is 30.5. The van der Waals surface area contributed by atoms with Crippen LogP contribution in [0.3, 0.4) is 0 Å². The second-order valence-corrected chi connectivity index (χ2v) is 3.93. The van der Waals surface area contributed by atoms with Crippen molar-refractivity contribution in [3.63, 3.8) is 0 Å². The Kier molecular flexibility index (Phi) is 4.78. The van der Waals surface area contributed by atoms with E-state index in [0.29, 0.717) is 0 Å². The van der Waals surface area contributed by atoms with Gasteiger partial charge in [0.15, 0.2) is 0 Å². The predicted molar refractivity (Wildman–Crippen MR) is 73.9 cm³/mol. The minimum Gasteiger partial charge on any atom is -0.444 e. The molecule has 2 aromatic rings. The number of rotatable bonds is 4. The molecule has 1 heterocycles. The Hall–Kier alpha value is -3.00. The third-order valence-corrected chi connectivity index (χ3v) is 2.45. The van der Waals surface area contributed by atoms with Gasteiger partial charge >= 0.3 is 6.09 Å². The normalized spacial score (nSPS) is 9.76. The Morgan fingerprint density at radius 3 is 2.67 bits per heavy atom. The number of benzene rings is 1. The standard InChI is InChI=1S/C13H13N5O3/c14-18-11(19)10-6-7-15-12(16-10)17-13(20)21-8-9-4-2-1-3-5-9/h1-7H,8,14H2,(H,18,19)(H,15,16,17,20). The molecule has 0 fully saturated rings. The van der Waals surface area contributed by atoms with Crippen molar-refractivity contribution in [3.05, 3.63) is 53.9 Å². The van der Waals surface area contributed by atoms with Crippen molar-refractivity contribution in [2.45, 2.75) is 6.61 Å². The van der Waals surface area contributed by atoms with E-state index >= 15 is 0 Å². The van der Waals surface area contributed by atoms with Crippen LogP contribution in [0.25, 0.3) is 0 Å². The third-order valence-electron chi connectivity index (χ3n) is 2.45. The molecule has 8 heteroatoms. The van der Waals surface area contributed by atoms with Gasteiger partial charge in [0.2, 0.25) is 5.95 Å². The van der Waals surface area contributed by atoms with Crippen molar-refractivity contribution in [2.75, 3.05) is 5.32 Å². The van der Waals surface area contributed by atoms with E-state index in [1.165, 1.54) is 12.3 Å². The van der Waals surface area contributed by atoms with Crippen LogP contribution in [0.15, 0.2) is 42.6 Å². The summed E-state index contributed by atoms with van der Waals surface area (Å²) in [6.45, 7) is 0.121. The number of hydrazine groups is 1. The summed E-state index contributed by atoms with van der Waals surface area (Å²) in [5, 5.41) is 2.33. The van der Waals surface area contributed by atoms with Gasteiger partial charge < -0.3 is 4.74 Å². The molecule has 21 heavy (non-hydrogen) atoms. The average Bonchev–Trinajstić information content (AvgIpc) is 2.53. The van der Waals surface area contributed by atoms with Crippen LogP contribution in [-0.2, 0) is 11.3 Å². The molecule has 4 N–H and O–H groups in total. The van der Waals surface area contributed by atoms with Gasteiger partial charge in [-0.1, -0.05) is 30.3 Å². The van der Waals surface area contributed by atoms with Gasteiger partial charge in [-0.25, -0.2) is 20.6 Å². The summed E-state index contributed by atoms with van der Waals surface area (Å²) >= 11 is 0. The summed E-state index contributed by atoms with van der Waals surface area (Å²) in [5.74, 6) is 4.36. The number of nitrogens with zero attached hydrogens (tertiary/aromatic N) is 2. The lowest BCUT2D eigenvalue weighted by molar-refractivity contribution is 0.0948. The largest absolute Gasteiger partial charge is 0.444 e. The number of nitrogen functional groups attached to an aromatic ring is 1. The topological polar surface area (TPSA) is 119 Å². The first-order chi connectivity index (χ1) is 10.2. The van der Waals surface area contributed by atoms with Crippen LogP contribution >= 0.6 is 0 Å². The molecule has 0 atom stereocenters. The molecule has 108 valence electrons. The Morgan fingerprint density at radius 2 is 1.95 bits per heavy atom. The van der Waals surface area contributed by atoms with Crippen molar-refractivity contribution < 1.29 is 14.3 Å². The molecule has 0 unspecified atom stereocenters. The van der Waals surface area contributed by atoms with E-state index in [9.17, 15) is 9.59 Å². The monoisotopic (exact) mass is 287 g/mol. The summed E-state index contributed by atoms with van der Waals surface area (Å²) < 4.78 is 5.00. The zero-order valence-corrected chi connectivity index (χ0v) is 10.9. The molecule has 2 rings (SSSR count). The van der Waals surface area contributed by atoms with Gasteiger partial charge in [0.05, 0.1) is 0 Å². The Balaban J connectivity index is 1.92. The van der Waals surface area contributed by atoms with Crippen molar-refractivity contribution in [1.29, 1.82) is 0 Å². The van der Waals surface area contributed by atoms with Crippen molar-refractivity contribution in [1.82, 2.24) is 15.4 Å². The van der Waals surface area contributed by atoms with E-state index in [0.717, 1.165) is 5.56 Å². The fourth-order valence-corrected chi connectivity index (χ4v) is 1.47. The van der Waals surface area contributed by atoms with Crippen LogP contribution in [0.2, 0.25) is 0 Å². The summed E-state index contributed by atoms with van der Waals surface area (Å²) in [7, 11) is 0. The van der Waals surface area contributed by atoms with E-state index in [2.05, 4.69) is 15.3 Å². The molecule has 0 bridgehead atoms. The van der Waals surface area contributed by atoms with Crippen LogP contribution in [0.1, 0.15) is 16.1 Å². The van der Waals surface area contributed by atoms with E-state index in [-0.39, 0.29) is 18.2 Å². The molecule has 0 saturated heterocycles. The predicted octanol–water partition coefficient (Wildman–Crippen LogP) is 0.829. The fraction of sp³-hybridized carbons (Fsp3) is 0.0769. The summed E-state index contributed by atoms with van der Waals surface area (Å²) in [5.41, 5.74) is 2.82. The number of carbonyl (C=O) groups is 2. The zero-order valence-electron chi connectivity index (χ0n) is 10.9. The molecule has 0 saturated carbocycles. The molecule has 0 aliphatic rings. The Bertz CT molecular complexity index is 633. The molecular weight excluding hydrogens is 274 g/mol. The number of aromatic nitrogens is 2. The Morgan fingerprint density at radius 1 is 1.19 bits per heavy atom. The minimum absolute atomic E-state index is 0.0332. The van der Waals surface area contributed by atoms with Crippen LogP contribution in [0.5, 0.6) is 0 Å². The number of hydrogen-bond acceptors (Lipinski definition) is 6. The van der Waals surface area contributed by atoms with E-state index < -0.39 is 12.0 Å². The SMILES string of the molecule is NNC(=O)c1ccnc(NC(=O)OCc2ccccc2)n1. The molecule has 1 aromatic heterocycles. The van der Waals surface area contributed by atoms with Crippen LogP contribution in [0.4, 0.5) is 10.7 Å². The number of hydrogen-bond donors (Lipinski definition) is 3. The van der Waals surface area contributed by atoms with Gasteiger partial charge in [0, 0.05) is 6.20 Å². The number of nitrogens with two attached hydrogens (primary N) is 1. The van der Waals surface area contributed by atoms with Crippen molar-refractivity contribution >= 4 is 17.9 Å². The maximum absolute atomic E-state index is 11.6. The van der Waals surface area contributed by atoms with Gasteiger partial charge in [0.25, 0.3) is 5.91 Å². The highest BCUT2D eigenvalue weighted by atomic mass is 16.5. The number of carbonyl (C=O) groups excluding carboxylic acids is 2. The van der Waals surface area contributed by atoms with Gasteiger partial charge in [-0.2, -0.15) is 0 Å². The molecule has 0 aliphatic carbocycles. The van der Waals surface area contributed by atoms with E-state index in [1.54, 1.807) is 0 Å². The van der Waals surface area contributed by atoms with E-state index in [1.807, 2.05) is 35.8 Å². The smallest absolute Gasteiger partial charge is 0.414 e. The highest BCUT2D eigenvalue weighted by Gasteiger charge is 2.10. The highest BCUT2D eigenvalue weighted by Crippen LogP contribution is 2.04. The quantitative estimate of drug-likeness (QED) is 0.435. The molecule has 2 amide bonds. The van der Waals surface area contributed by atoms with Crippen molar-refractivity contribution in [3.8, 4) is 0 Å². The minimum atomic E-state index is -0.718. The second kappa shape index (κ2) is 6.96.